The van der Waals surface area contributed by atoms with Gasteiger partial charge in [0.15, 0.2) is 5.96 Å². The van der Waals surface area contributed by atoms with E-state index in [9.17, 15) is 0 Å². The third-order valence-electron chi connectivity index (χ3n) is 4.04. The van der Waals surface area contributed by atoms with E-state index in [0.717, 1.165) is 50.0 Å². The van der Waals surface area contributed by atoms with Gasteiger partial charge in [0.25, 0.3) is 0 Å². The predicted molar refractivity (Wildman–Crippen MR) is 112 cm³/mol. The molecule has 0 aliphatic carbocycles. The van der Waals surface area contributed by atoms with Gasteiger partial charge in [0.2, 0.25) is 0 Å². The lowest BCUT2D eigenvalue weighted by atomic mass is 10.1. The van der Waals surface area contributed by atoms with Gasteiger partial charge < -0.3 is 19.7 Å². The second kappa shape index (κ2) is 12.4. The van der Waals surface area contributed by atoms with E-state index in [2.05, 4.69) is 22.1 Å². The average molecular weight is 462 g/mol. The van der Waals surface area contributed by atoms with Crippen molar-refractivity contribution in [2.75, 3.05) is 46.6 Å². The fraction of sp³-hybridized carbons (Fsp3) is 0.667. The third kappa shape index (κ3) is 7.87. The first kappa shape index (κ1) is 22.1. The van der Waals surface area contributed by atoms with Gasteiger partial charge in [-0.3, -0.25) is 4.98 Å². The quantitative estimate of drug-likeness (QED) is 0.279. The van der Waals surface area contributed by atoms with Gasteiger partial charge in [-0.2, -0.15) is 0 Å². The van der Waals surface area contributed by atoms with Crippen LogP contribution in [0.2, 0.25) is 0 Å². The first-order valence-corrected chi connectivity index (χ1v) is 8.75. The van der Waals surface area contributed by atoms with Gasteiger partial charge in [0.05, 0.1) is 32.1 Å². The maximum Gasteiger partial charge on any atom is 0.194 e. The second-order valence-electron chi connectivity index (χ2n) is 6.11. The minimum absolute atomic E-state index is 0. The molecule has 1 fully saturated rings. The summed E-state index contributed by atoms with van der Waals surface area (Å²) in [5.74, 6) is 1.53. The Kier molecular flexibility index (Phi) is 11.0. The Morgan fingerprint density at radius 1 is 1.40 bits per heavy atom. The van der Waals surface area contributed by atoms with Crippen LogP contribution in [0.5, 0.6) is 0 Å². The number of aromatic nitrogens is 1. The normalized spacial score (nSPS) is 17.5. The van der Waals surface area contributed by atoms with Gasteiger partial charge in [0, 0.05) is 38.4 Å². The van der Waals surface area contributed by atoms with Crippen molar-refractivity contribution in [1.82, 2.24) is 15.2 Å². The predicted octanol–water partition coefficient (Wildman–Crippen LogP) is 2.46. The zero-order valence-electron chi connectivity index (χ0n) is 15.5. The van der Waals surface area contributed by atoms with Crippen molar-refractivity contribution in [3.63, 3.8) is 0 Å². The molecule has 0 bridgehead atoms. The number of aliphatic imine (C=N–C) groups is 1. The van der Waals surface area contributed by atoms with Crippen LogP contribution in [-0.4, -0.2) is 62.4 Å². The molecule has 1 aromatic rings. The van der Waals surface area contributed by atoms with Crippen LogP contribution in [0.1, 0.15) is 24.7 Å². The Labute approximate surface area is 168 Å². The first-order chi connectivity index (χ1) is 11.7. The van der Waals surface area contributed by atoms with E-state index in [1.807, 2.05) is 25.1 Å². The summed E-state index contributed by atoms with van der Waals surface area (Å²) in [7, 11) is 1.70. The van der Waals surface area contributed by atoms with Crippen molar-refractivity contribution in [3.8, 4) is 0 Å². The van der Waals surface area contributed by atoms with E-state index >= 15 is 0 Å². The fourth-order valence-corrected chi connectivity index (χ4v) is 2.82. The van der Waals surface area contributed by atoms with Gasteiger partial charge in [0.1, 0.15) is 0 Å². The van der Waals surface area contributed by atoms with Crippen molar-refractivity contribution in [1.29, 1.82) is 0 Å². The molecule has 1 aliphatic heterocycles. The maximum absolute atomic E-state index is 5.67. The van der Waals surface area contributed by atoms with E-state index in [4.69, 9.17) is 14.5 Å². The molecule has 7 heteroatoms. The summed E-state index contributed by atoms with van der Waals surface area (Å²) < 4.78 is 10.7. The topological polar surface area (TPSA) is 59.0 Å². The summed E-state index contributed by atoms with van der Waals surface area (Å²) >= 11 is 0. The first-order valence-electron chi connectivity index (χ1n) is 8.75. The molecule has 1 aromatic heterocycles. The molecule has 0 amide bonds. The van der Waals surface area contributed by atoms with Crippen molar-refractivity contribution in [2.45, 2.75) is 26.8 Å². The number of hydrogen-bond donors (Lipinski definition) is 1. The molecule has 25 heavy (non-hydrogen) atoms. The smallest absolute Gasteiger partial charge is 0.194 e. The molecule has 0 spiro atoms. The van der Waals surface area contributed by atoms with Crippen LogP contribution in [0.3, 0.4) is 0 Å². The molecule has 1 N–H and O–H groups in total. The van der Waals surface area contributed by atoms with Crippen LogP contribution < -0.4 is 5.32 Å². The van der Waals surface area contributed by atoms with E-state index in [1.165, 1.54) is 0 Å². The molecule has 1 atom stereocenters. The number of halogens is 1. The number of ether oxygens (including phenoxy) is 2. The Bertz CT molecular complexity index is 528. The number of methoxy groups -OCH3 is 1. The number of nitrogens with zero attached hydrogens (tertiary/aromatic N) is 3. The highest BCUT2D eigenvalue weighted by molar-refractivity contribution is 14.0. The lowest BCUT2D eigenvalue weighted by Crippen LogP contribution is -2.40. The van der Waals surface area contributed by atoms with E-state index in [0.29, 0.717) is 25.7 Å². The highest BCUT2D eigenvalue weighted by Crippen LogP contribution is 2.17. The SMILES string of the molecule is CCNC(=NCc1cccc(C)n1)N1CCC(COCCOC)C1.I. The minimum Gasteiger partial charge on any atom is -0.382 e. The van der Waals surface area contributed by atoms with Crippen LogP contribution in [0.25, 0.3) is 0 Å². The highest BCUT2D eigenvalue weighted by Gasteiger charge is 2.24. The maximum atomic E-state index is 5.67. The van der Waals surface area contributed by atoms with Gasteiger partial charge in [-0.05, 0) is 32.4 Å². The third-order valence-corrected chi connectivity index (χ3v) is 4.04. The Morgan fingerprint density at radius 2 is 2.24 bits per heavy atom. The molecule has 142 valence electrons. The average Bonchev–Trinajstić information content (AvgIpc) is 3.04. The van der Waals surface area contributed by atoms with Crippen LogP contribution in [0.15, 0.2) is 23.2 Å². The number of guanidine groups is 1. The van der Waals surface area contributed by atoms with Crippen LogP contribution in [0.4, 0.5) is 0 Å². The molecule has 1 unspecified atom stereocenters. The lowest BCUT2D eigenvalue weighted by Gasteiger charge is -2.21. The minimum atomic E-state index is 0. The summed E-state index contributed by atoms with van der Waals surface area (Å²) in [5, 5.41) is 3.39. The van der Waals surface area contributed by atoms with E-state index < -0.39 is 0 Å². The summed E-state index contributed by atoms with van der Waals surface area (Å²) in [6, 6.07) is 6.06. The molecule has 1 aliphatic rings. The van der Waals surface area contributed by atoms with Crippen molar-refractivity contribution < 1.29 is 9.47 Å². The number of nitrogens with one attached hydrogen (secondary N) is 1. The molecule has 0 aromatic carbocycles. The largest absolute Gasteiger partial charge is 0.382 e. The molecule has 0 radical (unpaired) electrons. The second-order valence-corrected chi connectivity index (χ2v) is 6.11. The summed E-state index contributed by atoms with van der Waals surface area (Å²) in [4.78, 5) is 11.6. The van der Waals surface area contributed by atoms with E-state index in [1.54, 1.807) is 7.11 Å². The summed E-state index contributed by atoms with van der Waals surface area (Å²) in [6.07, 6.45) is 1.14. The van der Waals surface area contributed by atoms with Crippen molar-refractivity contribution in [2.24, 2.45) is 10.9 Å². The standard InChI is InChI=1S/C18H30N4O2.HI/c1-4-19-18(20-12-17-7-5-6-15(2)21-17)22-9-8-16(13-22)14-24-11-10-23-3;/h5-7,16H,4,8-14H2,1-3H3,(H,19,20);1H. The van der Waals surface area contributed by atoms with Gasteiger partial charge in [-0.15, -0.1) is 24.0 Å². The number of aryl methyl sites for hydroxylation is 1. The molecular weight excluding hydrogens is 431 g/mol. The Balaban J connectivity index is 0.00000312. The molecule has 2 rings (SSSR count). The summed E-state index contributed by atoms with van der Waals surface area (Å²) in [6.45, 7) is 9.70. The summed E-state index contributed by atoms with van der Waals surface area (Å²) in [5.41, 5.74) is 2.03. The highest BCUT2D eigenvalue weighted by atomic mass is 127. The number of likely N-dealkylation sites (tertiary alicyclic amines) is 1. The van der Waals surface area contributed by atoms with Gasteiger partial charge in [-0.1, -0.05) is 6.07 Å². The zero-order chi connectivity index (χ0) is 17.2. The fourth-order valence-electron chi connectivity index (χ4n) is 2.82. The van der Waals surface area contributed by atoms with Crippen molar-refractivity contribution >= 4 is 29.9 Å². The van der Waals surface area contributed by atoms with Crippen molar-refractivity contribution in [3.05, 3.63) is 29.6 Å². The Morgan fingerprint density at radius 3 is 2.96 bits per heavy atom. The van der Waals surface area contributed by atoms with Crippen LogP contribution in [-0.2, 0) is 16.0 Å². The Hall–Kier alpha value is -0.930. The monoisotopic (exact) mass is 462 g/mol. The van der Waals surface area contributed by atoms with Gasteiger partial charge in [-0.25, -0.2) is 4.99 Å². The lowest BCUT2D eigenvalue weighted by molar-refractivity contribution is 0.0536. The number of hydrogen-bond acceptors (Lipinski definition) is 4. The molecule has 0 saturated carbocycles. The molecule has 1 saturated heterocycles. The number of rotatable bonds is 8. The van der Waals surface area contributed by atoms with Crippen LogP contribution >= 0.6 is 24.0 Å². The van der Waals surface area contributed by atoms with Gasteiger partial charge >= 0.3 is 0 Å². The molecule has 6 nitrogen and oxygen atoms in total. The molecule has 2 heterocycles. The number of pyridine rings is 1. The van der Waals surface area contributed by atoms with E-state index in [-0.39, 0.29) is 24.0 Å². The molecular formula is C18H31IN4O2. The van der Waals surface area contributed by atoms with Crippen LogP contribution in [0, 0.1) is 12.8 Å². The zero-order valence-corrected chi connectivity index (χ0v) is 17.9.